The summed E-state index contributed by atoms with van der Waals surface area (Å²) in [6, 6.07) is 12.3. The molecule has 3 heteroatoms. The van der Waals surface area contributed by atoms with Crippen LogP contribution in [0.3, 0.4) is 0 Å². The third-order valence-electron chi connectivity index (χ3n) is 3.65. The molecule has 1 aromatic heterocycles. The SMILES string of the molecule is Cc1ccc(Nc2ccc3cnccc3c2N)cc1C. The van der Waals surface area contributed by atoms with E-state index in [4.69, 9.17) is 5.73 Å². The van der Waals surface area contributed by atoms with E-state index in [9.17, 15) is 0 Å². The summed E-state index contributed by atoms with van der Waals surface area (Å²) < 4.78 is 0. The molecule has 3 aromatic rings. The highest BCUT2D eigenvalue weighted by molar-refractivity contribution is 5.99. The van der Waals surface area contributed by atoms with Gasteiger partial charge in [-0.3, -0.25) is 4.98 Å². The first-order chi connectivity index (χ1) is 9.65. The molecule has 2 aromatic carbocycles. The minimum Gasteiger partial charge on any atom is -0.397 e. The zero-order chi connectivity index (χ0) is 14.1. The largest absolute Gasteiger partial charge is 0.397 e. The fourth-order valence-corrected chi connectivity index (χ4v) is 2.28. The van der Waals surface area contributed by atoms with Gasteiger partial charge in [-0.15, -0.1) is 0 Å². The number of benzene rings is 2. The van der Waals surface area contributed by atoms with Crippen molar-refractivity contribution in [2.75, 3.05) is 11.1 Å². The van der Waals surface area contributed by atoms with Gasteiger partial charge in [0.15, 0.2) is 0 Å². The highest BCUT2D eigenvalue weighted by Gasteiger charge is 2.05. The number of pyridine rings is 1. The number of rotatable bonds is 2. The first-order valence-electron chi connectivity index (χ1n) is 6.61. The van der Waals surface area contributed by atoms with E-state index in [2.05, 4.69) is 42.3 Å². The van der Waals surface area contributed by atoms with Gasteiger partial charge < -0.3 is 11.1 Å². The Balaban J connectivity index is 2.02. The molecule has 0 saturated carbocycles. The van der Waals surface area contributed by atoms with Crippen LogP contribution in [0.1, 0.15) is 11.1 Å². The number of aromatic nitrogens is 1. The molecule has 100 valence electrons. The molecule has 3 rings (SSSR count). The maximum absolute atomic E-state index is 6.24. The number of anilines is 3. The van der Waals surface area contributed by atoms with Crippen LogP contribution in [0.2, 0.25) is 0 Å². The molecule has 3 N–H and O–H groups in total. The van der Waals surface area contributed by atoms with Crippen molar-refractivity contribution in [2.24, 2.45) is 0 Å². The third kappa shape index (κ3) is 2.18. The van der Waals surface area contributed by atoms with Gasteiger partial charge in [-0.05, 0) is 49.2 Å². The molecule has 0 radical (unpaired) electrons. The molecule has 0 aliphatic rings. The standard InChI is InChI=1S/C17H17N3/c1-11-3-5-14(9-12(11)2)20-16-6-4-13-10-19-8-7-15(13)17(16)18/h3-10,20H,18H2,1-2H3. The van der Waals surface area contributed by atoms with Crippen LogP contribution in [0.25, 0.3) is 10.8 Å². The summed E-state index contributed by atoms with van der Waals surface area (Å²) in [7, 11) is 0. The van der Waals surface area contributed by atoms with Crippen molar-refractivity contribution in [3.05, 3.63) is 59.9 Å². The second-order valence-electron chi connectivity index (χ2n) is 5.05. The second-order valence-corrected chi connectivity index (χ2v) is 5.05. The number of hydrogen-bond acceptors (Lipinski definition) is 3. The monoisotopic (exact) mass is 263 g/mol. The van der Waals surface area contributed by atoms with Gasteiger partial charge in [-0.25, -0.2) is 0 Å². The lowest BCUT2D eigenvalue weighted by atomic mass is 10.1. The van der Waals surface area contributed by atoms with E-state index in [1.807, 2.05) is 24.4 Å². The Kier molecular flexibility index (Phi) is 3.03. The molecule has 0 unspecified atom stereocenters. The van der Waals surface area contributed by atoms with Gasteiger partial charge in [0.25, 0.3) is 0 Å². The van der Waals surface area contributed by atoms with Crippen LogP contribution in [0, 0.1) is 13.8 Å². The topological polar surface area (TPSA) is 50.9 Å². The average Bonchev–Trinajstić information content (AvgIpc) is 2.46. The van der Waals surface area contributed by atoms with Crippen LogP contribution in [0.15, 0.2) is 48.8 Å². The van der Waals surface area contributed by atoms with Gasteiger partial charge in [0.05, 0.1) is 11.4 Å². The Labute approximate surface area is 118 Å². The lowest BCUT2D eigenvalue weighted by Crippen LogP contribution is -1.98. The van der Waals surface area contributed by atoms with Gasteiger partial charge in [0.2, 0.25) is 0 Å². The van der Waals surface area contributed by atoms with Crippen molar-refractivity contribution in [2.45, 2.75) is 13.8 Å². The molecular weight excluding hydrogens is 246 g/mol. The van der Waals surface area contributed by atoms with Gasteiger partial charge >= 0.3 is 0 Å². The van der Waals surface area contributed by atoms with Crippen molar-refractivity contribution in [1.29, 1.82) is 0 Å². The fourth-order valence-electron chi connectivity index (χ4n) is 2.28. The number of fused-ring (bicyclic) bond motifs is 1. The van der Waals surface area contributed by atoms with Gasteiger partial charge in [0, 0.05) is 28.9 Å². The van der Waals surface area contributed by atoms with Gasteiger partial charge in [-0.1, -0.05) is 12.1 Å². The van der Waals surface area contributed by atoms with Crippen LogP contribution in [0.4, 0.5) is 17.1 Å². The Morgan fingerprint density at radius 2 is 1.85 bits per heavy atom. The van der Waals surface area contributed by atoms with E-state index in [0.717, 1.165) is 27.8 Å². The molecule has 0 aliphatic carbocycles. The molecular formula is C17H17N3. The summed E-state index contributed by atoms with van der Waals surface area (Å²) >= 11 is 0. The van der Waals surface area contributed by atoms with Crippen molar-refractivity contribution in [3.63, 3.8) is 0 Å². The number of nitrogens with two attached hydrogens (primary N) is 1. The van der Waals surface area contributed by atoms with E-state index in [-0.39, 0.29) is 0 Å². The smallest absolute Gasteiger partial charge is 0.0634 e. The van der Waals surface area contributed by atoms with Crippen molar-refractivity contribution in [3.8, 4) is 0 Å². The number of nitrogens with zero attached hydrogens (tertiary/aromatic N) is 1. The zero-order valence-corrected chi connectivity index (χ0v) is 11.6. The molecule has 0 amide bonds. The highest BCUT2D eigenvalue weighted by Crippen LogP contribution is 2.30. The molecule has 20 heavy (non-hydrogen) atoms. The van der Waals surface area contributed by atoms with Crippen LogP contribution >= 0.6 is 0 Å². The molecule has 0 spiro atoms. The zero-order valence-electron chi connectivity index (χ0n) is 11.6. The van der Waals surface area contributed by atoms with Crippen molar-refractivity contribution >= 4 is 27.8 Å². The maximum Gasteiger partial charge on any atom is 0.0634 e. The number of nitrogens with one attached hydrogen (secondary N) is 1. The van der Waals surface area contributed by atoms with Gasteiger partial charge in [0.1, 0.15) is 0 Å². The first-order valence-corrected chi connectivity index (χ1v) is 6.61. The van der Waals surface area contributed by atoms with Crippen LogP contribution < -0.4 is 11.1 Å². The van der Waals surface area contributed by atoms with E-state index in [0.29, 0.717) is 0 Å². The normalized spacial score (nSPS) is 10.7. The molecule has 1 heterocycles. The predicted molar refractivity (Wildman–Crippen MR) is 85.4 cm³/mol. The molecule has 0 saturated heterocycles. The molecule has 0 aliphatic heterocycles. The second kappa shape index (κ2) is 4.85. The molecule has 3 nitrogen and oxygen atoms in total. The summed E-state index contributed by atoms with van der Waals surface area (Å²) in [5.74, 6) is 0. The molecule has 0 atom stereocenters. The summed E-state index contributed by atoms with van der Waals surface area (Å²) in [6.07, 6.45) is 3.59. The summed E-state index contributed by atoms with van der Waals surface area (Å²) in [5, 5.41) is 5.46. The van der Waals surface area contributed by atoms with Crippen molar-refractivity contribution < 1.29 is 0 Å². The summed E-state index contributed by atoms with van der Waals surface area (Å²) in [4.78, 5) is 4.11. The minimum absolute atomic E-state index is 0.753. The third-order valence-corrected chi connectivity index (χ3v) is 3.65. The Bertz CT molecular complexity index is 778. The van der Waals surface area contributed by atoms with Crippen LogP contribution in [-0.4, -0.2) is 4.98 Å². The number of nitrogen functional groups attached to an aromatic ring is 1. The number of aryl methyl sites for hydroxylation is 2. The molecule has 0 fully saturated rings. The Morgan fingerprint density at radius 3 is 2.65 bits per heavy atom. The Hall–Kier alpha value is -2.55. The minimum atomic E-state index is 0.753. The first kappa shape index (κ1) is 12.5. The Morgan fingerprint density at radius 1 is 1.00 bits per heavy atom. The van der Waals surface area contributed by atoms with Crippen molar-refractivity contribution in [1.82, 2.24) is 4.98 Å². The fraction of sp³-hybridized carbons (Fsp3) is 0.118. The van der Waals surface area contributed by atoms with E-state index in [1.54, 1.807) is 6.20 Å². The highest BCUT2D eigenvalue weighted by atomic mass is 14.9. The van der Waals surface area contributed by atoms with E-state index >= 15 is 0 Å². The van der Waals surface area contributed by atoms with Gasteiger partial charge in [-0.2, -0.15) is 0 Å². The lowest BCUT2D eigenvalue weighted by molar-refractivity contribution is 1.34. The average molecular weight is 263 g/mol. The van der Waals surface area contributed by atoms with Crippen LogP contribution in [-0.2, 0) is 0 Å². The summed E-state index contributed by atoms with van der Waals surface area (Å²) in [5.41, 5.74) is 11.5. The van der Waals surface area contributed by atoms with E-state index < -0.39 is 0 Å². The van der Waals surface area contributed by atoms with Crippen LogP contribution in [0.5, 0.6) is 0 Å². The predicted octanol–water partition coefficient (Wildman–Crippen LogP) is 4.18. The molecule has 0 bridgehead atoms. The lowest BCUT2D eigenvalue weighted by Gasteiger charge is -2.12. The van der Waals surface area contributed by atoms with E-state index in [1.165, 1.54) is 11.1 Å². The maximum atomic E-state index is 6.24. The summed E-state index contributed by atoms with van der Waals surface area (Å²) in [6.45, 7) is 4.21. The quantitative estimate of drug-likeness (QED) is 0.682. The number of hydrogen-bond donors (Lipinski definition) is 2.